The fourth-order valence-electron chi connectivity index (χ4n) is 5.47. The maximum absolute atomic E-state index is 13.6. The lowest BCUT2D eigenvalue weighted by Gasteiger charge is -2.21. The summed E-state index contributed by atoms with van der Waals surface area (Å²) in [6.07, 6.45) is -2.80. The summed E-state index contributed by atoms with van der Waals surface area (Å²) in [5.74, 6) is -0.210. The summed E-state index contributed by atoms with van der Waals surface area (Å²) in [6, 6.07) is 29.6. The van der Waals surface area contributed by atoms with Crippen LogP contribution in [0.1, 0.15) is 65.0 Å². The van der Waals surface area contributed by atoms with Gasteiger partial charge in [0.15, 0.2) is 5.76 Å². The average Bonchev–Trinajstić information content (AvgIpc) is 3.53. The van der Waals surface area contributed by atoms with Crippen LogP contribution in [0.15, 0.2) is 108 Å². The molecule has 10 heteroatoms. The zero-order valence-corrected chi connectivity index (χ0v) is 28.0. The molecule has 0 radical (unpaired) electrons. The van der Waals surface area contributed by atoms with Gasteiger partial charge in [0.25, 0.3) is 5.91 Å². The Hall–Kier alpha value is -4.70. The van der Waals surface area contributed by atoms with Gasteiger partial charge in [-0.05, 0) is 57.9 Å². The van der Waals surface area contributed by atoms with Crippen LogP contribution in [0.3, 0.4) is 0 Å². The van der Waals surface area contributed by atoms with Crippen molar-refractivity contribution in [2.75, 3.05) is 18.6 Å². The van der Waals surface area contributed by atoms with E-state index in [0.29, 0.717) is 34.6 Å². The van der Waals surface area contributed by atoms with Crippen molar-refractivity contribution in [3.63, 3.8) is 0 Å². The topological polar surface area (TPSA) is 89.3 Å². The molecule has 0 saturated carbocycles. The molecule has 6 nitrogen and oxygen atoms in total. The molecular formula is C38H37F3N2O4S. The normalized spacial score (nSPS) is 12.9. The van der Waals surface area contributed by atoms with E-state index in [1.165, 1.54) is 17.7 Å². The standard InChI is InChI=1S/C38H37F3N2O4S/c1-37(2,3)30-19-17-27(18-20-30)32(23-25-9-11-29(12-10-25)36(44)42-21-22-48(4,45)46)34-24-35(47-43-34)28-15-13-26(14-16-28)31-7-5-6-8-33(31)38(39,40)41/h5-20,24,32H,21-23H2,1-4H3,(H,42,44). The maximum atomic E-state index is 13.6. The highest BCUT2D eigenvalue weighted by molar-refractivity contribution is 7.90. The number of carbonyl (C=O) groups excluding carboxylic acids is 1. The third kappa shape index (κ3) is 8.60. The number of halogens is 3. The Labute approximate surface area is 278 Å². The molecule has 1 unspecified atom stereocenters. The van der Waals surface area contributed by atoms with E-state index in [0.717, 1.165) is 23.4 Å². The predicted molar refractivity (Wildman–Crippen MR) is 182 cm³/mol. The van der Waals surface area contributed by atoms with Crippen LogP contribution in [0.2, 0.25) is 0 Å². The van der Waals surface area contributed by atoms with Gasteiger partial charge in [-0.3, -0.25) is 4.79 Å². The first-order valence-electron chi connectivity index (χ1n) is 15.5. The number of aromatic nitrogens is 1. The number of hydrogen-bond donors (Lipinski definition) is 1. The minimum Gasteiger partial charge on any atom is -0.356 e. The van der Waals surface area contributed by atoms with Crippen molar-refractivity contribution >= 4 is 15.7 Å². The predicted octanol–water partition coefficient (Wildman–Crippen LogP) is 8.47. The molecule has 4 aromatic carbocycles. The molecule has 0 aliphatic carbocycles. The Kier molecular flexibility index (Phi) is 9.96. The Bertz CT molecular complexity index is 1980. The summed E-state index contributed by atoms with van der Waals surface area (Å²) in [6.45, 7) is 6.48. The van der Waals surface area contributed by atoms with Crippen molar-refractivity contribution < 1.29 is 30.9 Å². The van der Waals surface area contributed by atoms with Gasteiger partial charge >= 0.3 is 6.18 Å². The van der Waals surface area contributed by atoms with E-state index in [4.69, 9.17) is 4.52 Å². The summed E-state index contributed by atoms with van der Waals surface area (Å²) in [5, 5.41) is 7.06. The molecule has 1 atom stereocenters. The quantitative estimate of drug-likeness (QED) is 0.161. The largest absolute Gasteiger partial charge is 0.417 e. The Morgan fingerprint density at radius 1 is 0.854 bits per heavy atom. The second kappa shape index (κ2) is 13.8. The number of amides is 1. The van der Waals surface area contributed by atoms with E-state index >= 15 is 0 Å². The van der Waals surface area contributed by atoms with Gasteiger partial charge in [-0.15, -0.1) is 0 Å². The van der Waals surface area contributed by atoms with Gasteiger partial charge < -0.3 is 9.84 Å². The first-order valence-corrected chi connectivity index (χ1v) is 17.5. The second-order valence-corrected chi connectivity index (χ2v) is 15.2. The Balaban J connectivity index is 1.40. The number of hydrogen-bond acceptors (Lipinski definition) is 5. The molecular weight excluding hydrogens is 637 g/mol. The van der Waals surface area contributed by atoms with Crippen LogP contribution in [0.4, 0.5) is 13.2 Å². The molecule has 1 amide bonds. The molecule has 0 bridgehead atoms. The summed E-state index contributed by atoms with van der Waals surface area (Å²) in [7, 11) is -3.19. The molecule has 5 rings (SSSR count). The fourth-order valence-corrected chi connectivity index (χ4v) is 5.95. The van der Waals surface area contributed by atoms with Gasteiger partial charge in [-0.25, -0.2) is 8.42 Å². The summed E-state index contributed by atoms with van der Waals surface area (Å²) in [4.78, 5) is 12.5. The number of benzene rings is 4. The molecule has 1 heterocycles. The molecule has 0 aliphatic heterocycles. The summed E-state index contributed by atoms with van der Waals surface area (Å²) >= 11 is 0. The van der Waals surface area contributed by atoms with E-state index in [-0.39, 0.29) is 35.1 Å². The molecule has 0 aliphatic rings. The van der Waals surface area contributed by atoms with Crippen LogP contribution >= 0.6 is 0 Å². The van der Waals surface area contributed by atoms with Crippen LogP contribution < -0.4 is 5.32 Å². The number of alkyl halides is 3. The number of carbonyl (C=O) groups is 1. The number of rotatable bonds is 10. The van der Waals surface area contributed by atoms with Crippen molar-refractivity contribution in [1.82, 2.24) is 10.5 Å². The minimum absolute atomic E-state index is 0.0282. The first-order chi connectivity index (χ1) is 22.6. The number of nitrogens with one attached hydrogen (secondary N) is 1. The van der Waals surface area contributed by atoms with E-state index in [2.05, 4.69) is 55.5 Å². The molecule has 0 fully saturated rings. The van der Waals surface area contributed by atoms with Crippen molar-refractivity contribution in [1.29, 1.82) is 0 Å². The van der Waals surface area contributed by atoms with Gasteiger partial charge in [0.05, 0.1) is 17.0 Å². The molecule has 250 valence electrons. The van der Waals surface area contributed by atoms with E-state index < -0.39 is 21.6 Å². The van der Waals surface area contributed by atoms with Crippen LogP contribution in [-0.4, -0.2) is 38.0 Å². The molecule has 0 saturated heterocycles. The second-order valence-electron chi connectivity index (χ2n) is 12.9. The fraction of sp³-hybridized carbons (Fsp3) is 0.263. The average molecular weight is 675 g/mol. The summed E-state index contributed by atoms with van der Waals surface area (Å²) in [5.41, 5.74) is 4.75. The third-order valence-electron chi connectivity index (χ3n) is 8.19. The van der Waals surface area contributed by atoms with Gasteiger partial charge in [0.1, 0.15) is 9.84 Å². The van der Waals surface area contributed by atoms with Crippen LogP contribution in [-0.2, 0) is 27.8 Å². The first kappa shape index (κ1) is 34.6. The monoisotopic (exact) mass is 674 g/mol. The van der Waals surface area contributed by atoms with Crippen molar-refractivity contribution in [2.45, 2.75) is 44.7 Å². The molecule has 5 aromatic rings. The SMILES string of the molecule is CC(C)(C)c1ccc(C(Cc2ccc(C(=O)NCCS(C)(=O)=O)cc2)c2cc(-c3ccc(-c4ccccc4C(F)(F)F)cc3)on2)cc1. The number of sulfone groups is 1. The highest BCUT2D eigenvalue weighted by Crippen LogP contribution is 2.38. The third-order valence-corrected chi connectivity index (χ3v) is 9.14. The van der Waals surface area contributed by atoms with Crippen molar-refractivity contribution in [3.05, 3.63) is 137 Å². The van der Waals surface area contributed by atoms with E-state index in [9.17, 15) is 26.4 Å². The lowest BCUT2D eigenvalue weighted by Crippen LogP contribution is -2.28. The Morgan fingerprint density at radius 2 is 1.48 bits per heavy atom. The van der Waals surface area contributed by atoms with Gasteiger partial charge in [0.2, 0.25) is 0 Å². The smallest absolute Gasteiger partial charge is 0.356 e. The highest BCUT2D eigenvalue weighted by atomic mass is 32.2. The number of nitrogens with zero attached hydrogens (tertiary/aromatic N) is 1. The van der Waals surface area contributed by atoms with E-state index in [1.54, 1.807) is 42.5 Å². The van der Waals surface area contributed by atoms with E-state index in [1.807, 2.05) is 18.2 Å². The summed E-state index contributed by atoms with van der Waals surface area (Å²) < 4.78 is 69.4. The lowest BCUT2D eigenvalue weighted by atomic mass is 9.83. The molecule has 1 N–H and O–H groups in total. The van der Waals surface area contributed by atoms with Crippen molar-refractivity contribution in [3.8, 4) is 22.5 Å². The van der Waals surface area contributed by atoms with Crippen LogP contribution in [0.25, 0.3) is 22.5 Å². The zero-order valence-electron chi connectivity index (χ0n) is 27.1. The zero-order chi connectivity index (χ0) is 34.7. The minimum atomic E-state index is -4.47. The van der Waals surface area contributed by atoms with Gasteiger partial charge in [-0.1, -0.05) is 105 Å². The van der Waals surface area contributed by atoms with Gasteiger partial charge in [0, 0.05) is 35.9 Å². The van der Waals surface area contributed by atoms with Gasteiger partial charge in [-0.2, -0.15) is 13.2 Å². The molecule has 1 aromatic heterocycles. The van der Waals surface area contributed by atoms with Crippen LogP contribution in [0, 0.1) is 0 Å². The molecule has 0 spiro atoms. The maximum Gasteiger partial charge on any atom is 0.417 e. The van der Waals surface area contributed by atoms with Crippen LogP contribution in [0.5, 0.6) is 0 Å². The lowest BCUT2D eigenvalue weighted by molar-refractivity contribution is -0.137. The highest BCUT2D eigenvalue weighted by Gasteiger charge is 2.33. The molecule has 48 heavy (non-hydrogen) atoms. The Morgan fingerprint density at radius 3 is 2.08 bits per heavy atom. The van der Waals surface area contributed by atoms with Crippen molar-refractivity contribution in [2.24, 2.45) is 0 Å².